The van der Waals surface area contributed by atoms with Gasteiger partial charge < -0.3 is 11.1 Å². The van der Waals surface area contributed by atoms with E-state index in [1.807, 2.05) is 24.3 Å². The van der Waals surface area contributed by atoms with E-state index in [1.165, 1.54) is 0 Å². The third-order valence-electron chi connectivity index (χ3n) is 3.68. The Bertz CT molecular complexity index is 754. The molecule has 2 rings (SSSR count). The van der Waals surface area contributed by atoms with Gasteiger partial charge in [0.15, 0.2) is 5.82 Å². The van der Waals surface area contributed by atoms with E-state index in [1.54, 1.807) is 6.92 Å². The number of nitrogens with zero attached hydrogens (tertiary/aromatic N) is 7. The lowest BCUT2D eigenvalue weighted by Crippen LogP contribution is -2.40. The molecule has 10 heteroatoms. The van der Waals surface area contributed by atoms with Crippen LogP contribution in [0.4, 0.5) is 0 Å². The Morgan fingerprint density at radius 3 is 2.58 bits per heavy atom. The molecule has 2 aromatic rings. The Kier molecular flexibility index (Phi) is 7.41. The predicted molar refractivity (Wildman–Crippen MR) is 95.5 cm³/mol. The minimum absolute atomic E-state index is 0.201. The van der Waals surface area contributed by atoms with Crippen LogP contribution < -0.4 is 11.1 Å². The number of hydrogen-bond acceptors (Lipinski definition) is 7. The quantitative estimate of drug-likeness (QED) is 0.301. The van der Waals surface area contributed by atoms with E-state index < -0.39 is 6.04 Å². The Hall–Kier alpha value is -3.10. The van der Waals surface area contributed by atoms with Gasteiger partial charge in [-0.3, -0.25) is 4.79 Å². The van der Waals surface area contributed by atoms with Gasteiger partial charge in [-0.2, -0.15) is 0 Å². The monoisotopic (exact) mass is 355 g/mol. The summed E-state index contributed by atoms with van der Waals surface area (Å²) in [6.07, 6.45) is 2.01. The summed E-state index contributed by atoms with van der Waals surface area (Å²) in [7, 11) is 0. The van der Waals surface area contributed by atoms with Crippen LogP contribution in [0.3, 0.4) is 0 Å². The largest absolute Gasteiger partial charge is 0.351 e. The number of nitrogens with two attached hydrogens (primary N) is 1. The molecule has 0 radical (unpaired) electrons. The van der Waals surface area contributed by atoms with Crippen molar-refractivity contribution in [3.05, 3.63) is 46.1 Å². The standard InChI is InChI=1S/C16H21N9O/c1-11-21-23-15(24-22-11)13-7-5-12(6-8-13)10-19-16(26)14(17)4-2-3-9-20-25-18/h5-8,14H,2-4,9-10,17H2,1H3,(H,19,26)/t14-/m0/s1. The zero-order valence-corrected chi connectivity index (χ0v) is 14.5. The van der Waals surface area contributed by atoms with Gasteiger partial charge in [-0.05, 0) is 30.9 Å². The summed E-state index contributed by atoms with van der Waals surface area (Å²) in [6.45, 7) is 2.53. The third-order valence-corrected chi connectivity index (χ3v) is 3.68. The molecule has 1 amide bonds. The molecule has 136 valence electrons. The molecule has 10 nitrogen and oxygen atoms in total. The minimum Gasteiger partial charge on any atom is -0.351 e. The topological polar surface area (TPSA) is 155 Å². The molecule has 1 heterocycles. The molecule has 0 aliphatic heterocycles. The third kappa shape index (κ3) is 6.08. The number of carbonyl (C=O) groups is 1. The van der Waals surface area contributed by atoms with E-state index in [9.17, 15) is 4.79 Å². The van der Waals surface area contributed by atoms with Crippen LogP contribution >= 0.6 is 0 Å². The lowest BCUT2D eigenvalue weighted by molar-refractivity contribution is -0.122. The fourth-order valence-corrected chi connectivity index (χ4v) is 2.21. The number of benzene rings is 1. The molecule has 0 aliphatic rings. The van der Waals surface area contributed by atoms with Crippen molar-refractivity contribution < 1.29 is 4.79 Å². The van der Waals surface area contributed by atoms with Crippen molar-refractivity contribution >= 4 is 5.91 Å². The molecule has 1 aromatic heterocycles. The Labute approximate surface area is 150 Å². The first kappa shape index (κ1) is 19.2. The van der Waals surface area contributed by atoms with Gasteiger partial charge in [0.2, 0.25) is 11.7 Å². The normalized spacial score (nSPS) is 11.5. The highest BCUT2D eigenvalue weighted by Gasteiger charge is 2.12. The summed E-state index contributed by atoms with van der Waals surface area (Å²) < 4.78 is 0. The van der Waals surface area contributed by atoms with Crippen molar-refractivity contribution in [1.82, 2.24) is 25.7 Å². The maximum Gasteiger partial charge on any atom is 0.237 e. The molecule has 0 bridgehead atoms. The van der Waals surface area contributed by atoms with Gasteiger partial charge in [0.05, 0.1) is 6.04 Å². The minimum atomic E-state index is -0.571. The SMILES string of the molecule is Cc1nnc(-c2ccc(CNC(=O)[C@@H](N)CCCCN=[N+]=[N-])cc2)nn1. The predicted octanol–water partition coefficient (Wildman–Crippen LogP) is 1.67. The van der Waals surface area contributed by atoms with E-state index >= 15 is 0 Å². The van der Waals surface area contributed by atoms with Crippen LogP contribution in [-0.4, -0.2) is 38.9 Å². The van der Waals surface area contributed by atoms with Crippen LogP contribution in [0, 0.1) is 6.92 Å². The highest BCUT2D eigenvalue weighted by molar-refractivity contribution is 5.81. The number of amides is 1. The Morgan fingerprint density at radius 2 is 1.92 bits per heavy atom. The van der Waals surface area contributed by atoms with Crippen molar-refractivity contribution in [3.8, 4) is 11.4 Å². The van der Waals surface area contributed by atoms with E-state index in [0.717, 1.165) is 24.0 Å². The summed E-state index contributed by atoms with van der Waals surface area (Å²) in [5, 5.41) is 22.0. The fourth-order valence-electron chi connectivity index (χ4n) is 2.21. The summed E-state index contributed by atoms with van der Waals surface area (Å²) in [5.41, 5.74) is 15.8. The van der Waals surface area contributed by atoms with Crippen LogP contribution in [-0.2, 0) is 11.3 Å². The average molecular weight is 355 g/mol. The van der Waals surface area contributed by atoms with E-state index in [2.05, 4.69) is 35.7 Å². The van der Waals surface area contributed by atoms with Crippen molar-refractivity contribution in [3.63, 3.8) is 0 Å². The molecule has 0 spiro atoms. The van der Waals surface area contributed by atoms with Crippen LogP contribution in [0.1, 0.15) is 30.7 Å². The molecular formula is C16H21N9O. The van der Waals surface area contributed by atoms with Gasteiger partial charge in [0.25, 0.3) is 0 Å². The molecule has 3 N–H and O–H groups in total. The fraction of sp³-hybridized carbons (Fsp3) is 0.438. The molecule has 0 aliphatic carbocycles. The number of aryl methyl sites for hydroxylation is 1. The zero-order valence-electron chi connectivity index (χ0n) is 14.5. The maximum absolute atomic E-state index is 12.0. The van der Waals surface area contributed by atoms with Gasteiger partial charge in [-0.15, -0.1) is 20.4 Å². The van der Waals surface area contributed by atoms with Crippen LogP contribution in [0.5, 0.6) is 0 Å². The molecule has 0 saturated carbocycles. The van der Waals surface area contributed by atoms with Crippen LogP contribution in [0.15, 0.2) is 29.4 Å². The number of rotatable bonds is 9. The van der Waals surface area contributed by atoms with Crippen LogP contribution in [0.25, 0.3) is 21.8 Å². The van der Waals surface area contributed by atoms with E-state index in [4.69, 9.17) is 11.3 Å². The molecule has 0 saturated heterocycles. The number of nitrogens with one attached hydrogen (secondary N) is 1. The molecule has 0 unspecified atom stereocenters. The second-order valence-corrected chi connectivity index (χ2v) is 5.74. The van der Waals surface area contributed by atoms with Crippen molar-refractivity contribution in [2.24, 2.45) is 10.8 Å². The highest BCUT2D eigenvalue weighted by atomic mass is 16.2. The first-order valence-corrected chi connectivity index (χ1v) is 8.27. The van der Waals surface area contributed by atoms with Gasteiger partial charge in [0.1, 0.15) is 0 Å². The number of azide groups is 1. The number of hydrogen-bond donors (Lipinski definition) is 2. The summed E-state index contributed by atoms with van der Waals surface area (Å²) in [6, 6.07) is 6.89. The average Bonchev–Trinajstić information content (AvgIpc) is 2.67. The molecule has 1 atom stereocenters. The number of unbranched alkanes of at least 4 members (excludes halogenated alkanes) is 1. The lowest BCUT2D eigenvalue weighted by Gasteiger charge is -2.12. The maximum atomic E-state index is 12.0. The Morgan fingerprint density at radius 1 is 1.23 bits per heavy atom. The first-order valence-electron chi connectivity index (χ1n) is 8.27. The van der Waals surface area contributed by atoms with Gasteiger partial charge in [-0.25, -0.2) is 0 Å². The van der Waals surface area contributed by atoms with Crippen molar-refractivity contribution in [1.29, 1.82) is 0 Å². The summed E-state index contributed by atoms with van der Waals surface area (Å²) in [5.74, 6) is 0.768. The number of aromatic nitrogens is 4. The highest BCUT2D eigenvalue weighted by Crippen LogP contribution is 2.14. The van der Waals surface area contributed by atoms with Gasteiger partial charge in [-0.1, -0.05) is 35.8 Å². The van der Waals surface area contributed by atoms with E-state index in [-0.39, 0.29) is 5.91 Å². The zero-order chi connectivity index (χ0) is 18.8. The second kappa shape index (κ2) is 10.0. The number of carbonyl (C=O) groups excluding carboxylic acids is 1. The van der Waals surface area contributed by atoms with Crippen LogP contribution in [0.2, 0.25) is 0 Å². The Balaban J connectivity index is 1.78. The molecule has 26 heavy (non-hydrogen) atoms. The molecule has 0 fully saturated rings. The molecular weight excluding hydrogens is 334 g/mol. The summed E-state index contributed by atoms with van der Waals surface area (Å²) >= 11 is 0. The van der Waals surface area contributed by atoms with Crippen molar-refractivity contribution in [2.75, 3.05) is 6.54 Å². The first-order chi connectivity index (χ1) is 12.6. The smallest absolute Gasteiger partial charge is 0.237 e. The van der Waals surface area contributed by atoms with Crippen molar-refractivity contribution in [2.45, 2.75) is 38.8 Å². The van der Waals surface area contributed by atoms with Gasteiger partial charge in [0, 0.05) is 23.6 Å². The summed E-state index contributed by atoms with van der Waals surface area (Å²) in [4.78, 5) is 14.7. The lowest BCUT2D eigenvalue weighted by atomic mass is 10.1. The van der Waals surface area contributed by atoms with Gasteiger partial charge >= 0.3 is 0 Å². The van der Waals surface area contributed by atoms with E-state index in [0.29, 0.717) is 31.2 Å². The molecule has 1 aromatic carbocycles. The second-order valence-electron chi connectivity index (χ2n) is 5.74.